The quantitative estimate of drug-likeness (QED) is 0.522. The van der Waals surface area contributed by atoms with Gasteiger partial charge in [-0.25, -0.2) is 0 Å². The van der Waals surface area contributed by atoms with Crippen LogP contribution in [0, 0.1) is 34.5 Å². The third-order valence-corrected chi connectivity index (χ3v) is 8.36. The van der Waals surface area contributed by atoms with Crippen molar-refractivity contribution in [3.05, 3.63) is 36.0 Å². The Morgan fingerprint density at radius 1 is 1.30 bits per heavy atom. The van der Waals surface area contributed by atoms with Gasteiger partial charge in [0.2, 0.25) is 0 Å². The standard InChI is InChI=1S/C23H30O3.K/c1-14-12-20-17-5-4-15-13-16(24)8-10-22(15,2)19(17)9-11-23(20,3)18(14)6-7-21(25)26;/h4-5,13,17-20H,1,6-12H2,2-3H3,(H,25,26);/q;+1/p-1/t17?,18-,19?,20?,22+,23-;/m1./s1. The zero-order valence-electron chi connectivity index (χ0n) is 16.9. The second-order valence-corrected chi connectivity index (χ2v) is 9.50. The summed E-state index contributed by atoms with van der Waals surface area (Å²) >= 11 is 0. The number of hydrogen-bond acceptors (Lipinski definition) is 3. The Kier molecular flexibility index (Phi) is 6.17. The monoisotopic (exact) mass is 392 g/mol. The number of carbonyl (C=O) groups excluding carboxylic acids is 2. The van der Waals surface area contributed by atoms with Crippen molar-refractivity contribution in [2.45, 2.75) is 58.8 Å². The molecule has 0 N–H and O–H groups in total. The van der Waals surface area contributed by atoms with Crippen LogP contribution in [0.4, 0.5) is 0 Å². The molecule has 0 aromatic rings. The van der Waals surface area contributed by atoms with Crippen LogP contribution in [0.15, 0.2) is 36.0 Å². The van der Waals surface area contributed by atoms with E-state index in [1.165, 1.54) is 11.1 Å². The van der Waals surface area contributed by atoms with Crippen molar-refractivity contribution in [2.24, 2.45) is 34.5 Å². The molecule has 0 aromatic carbocycles. The molecule has 2 fully saturated rings. The molecule has 0 heterocycles. The molecule has 0 saturated heterocycles. The van der Waals surface area contributed by atoms with Crippen LogP contribution in [-0.2, 0) is 9.59 Å². The minimum Gasteiger partial charge on any atom is -0.550 e. The predicted molar refractivity (Wildman–Crippen MR) is 98.9 cm³/mol. The van der Waals surface area contributed by atoms with Gasteiger partial charge < -0.3 is 9.90 Å². The molecule has 0 aromatic heterocycles. The molecular weight excluding hydrogens is 363 g/mol. The van der Waals surface area contributed by atoms with Gasteiger partial charge in [0.15, 0.2) is 5.78 Å². The van der Waals surface area contributed by atoms with E-state index in [1.807, 2.05) is 6.08 Å². The summed E-state index contributed by atoms with van der Waals surface area (Å²) in [6, 6.07) is 0. The van der Waals surface area contributed by atoms with E-state index in [2.05, 4.69) is 32.6 Å². The van der Waals surface area contributed by atoms with E-state index in [9.17, 15) is 14.7 Å². The number of carbonyl (C=O) groups is 2. The molecule has 2 saturated carbocycles. The topological polar surface area (TPSA) is 57.2 Å². The summed E-state index contributed by atoms with van der Waals surface area (Å²) in [5.41, 5.74) is 2.71. The minimum atomic E-state index is -0.953. The van der Waals surface area contributed by atoms with Crippen LogP contribution < -0.4 is 56.5 Å². The first-order valence-electron chi connectivity index (χ1n) is 10.1. The Morgan fingerprint density at radius 2 is 2.04 bits per heavy atom. The minimum absolute atomic E-state index is 0. The van der Waals surface area contributed by atoms with Crippen LogP contribution in [0.25, 0.3) is 0 Å². The van der Waals surface area contributed by atoms with E-state index in [-0.39, 0.29) is 80.3 Å². The Bertz CT molecular complexity index is 736. The first-order chi connectivity index (χ1) is 12.3. The summed E-state index contributed by atoms with van der Waals surface area (Å²) in [6.07, 6.45) is 12.1. The smallest absolute Gasteiger partial charge is 0.550 e. The molecule has 3 unspecified atom stereocenters. The van der Waals surface area contributed by atoms with E-state index < -0.39 is 5.97 Å². The second kappa shape index (κ2) is 7.68. The molecule has 4 aliphatic carbocycles. The molecule has 0 amide bonds. The summed E-state index contributed by atoms with van der Waals surface area (Å²) < 4.78 is 0. The van der Waals surface area contributed by atoms with Gasteiger partial charge in [0.05, 0.1) is 0 Å². The largest absolute Gasteiger partial charge is 1.00 e. The maximum absolute atomic E-state index is 11.9. The number of aliphatic carboxylic acids is 1. The molecule has 0 spiro atoms. The van der Waals surface area contributed by atoms with Crippen LogP contribution in [0.1, 0.15) is 58.8 Å². The van der Waals surface area contributed by atoms with Gasteiger partial charge >= 0.3 is 51.4 Å². The number of fused-ring (bicyclic) bond motifs is 5. The van der Waals surface area contributed by atoms with E-state index >= 15 is 0 Å². The maximum Gasteiger partial charge on any atom is 1.00 e. The van der Waals surface area contributed by atoms with Crippen LogP contribution in [-0.4, -0.2) is 11.8 Å². The fourth-order valence-electron chi connectivity index (χ4n) is 6.86. The third kappa shape index (κ3) is 3.44. The van der Waals surface area contributed by atoms with Crippen LogP contribution in [0.5, 0.6) is 0 Å². The number of ketones is 1. The number of carboxylic acid groups (broad SMARTS) is 1. The van der Waals surface area contributed by atoms with Crippen molar-refractivity contribution in [3.8, 4) is 0 Å². The van der Waals surface area contributed by atoms with Crippen LogP contribution in [0.3, 0.4) is 0 Å². The Balaban J connectivity index is 0.00000210. The van der Waals surface area contributed by atoms with Crippen molar-refractivity contribution in [1.29, 1.82) is 0 Å². The Hall–Kier alpha value is -0.00364. The molecule has 0 aliphatic heterocycles. The van der Waals surface area contributed by atoms with E-state index in [0.717, 1.165) is 25.7 Å². The predicted octanol–water partition coefficient (Wildman–Crippen LogP) is 0.611. The molecule has 4 heteroatoms. The maximum atomic E-state index is 11.9. The second-order valence-electron chi connectivity index (χ2n) is 9.50. The average molecular weight is 393 g/mol. The van der Waals surface area contributed by atoms with Crippen molar-refractivity contribution in [1.82, 2.24) is 0 Å². The van der Waals surface area contributed by atoms with E-state index in [1.54, 1.807) is 0 Å². The zero-order chi connectivity index (χ0) is 18.7. The average Bonchev–Trinajstić information content (AvgIpc) is 2.83. The number of allylic oxidation sites excluding steroid dienone is 5. The van der Waals surface area contributed by atoms with Crippen molar-refractivity contribution < 1.29 is 66.1 Å². The molecule has 3 nitrogen and oxygen atoms in total. The van der Waals surface area contributed by atoms with E-state index in [4.69, 9.17) is 0 Å². The normalized spacial score (nSPS) is 42.5. The van der Waals surface area contributed by atoms with Crippen LogP contribution >= 0.6 is 0 Å². The fraction of sp³-hybridized carbons (Fsp3) is 0.652. The summed E-state index contributed by atoms with van der Waals surface area (Å²) in [5.74, 6) is 1.22. The molecule has 27 heavy (non-hydrogen) atoms. The van der Waals surface area contributed by atoms with Gasteiger partial charge in [-0.05, 0) is 84.7 Å². The molecule has 4 rings (SSSR count). The fourth-order valence-corrected chi connectivity index (χ4v) is 6.86. The number of carboxylic acids is 1. The van der Waals surface area contributed by atoms with Gasteiger partial charge in [0.25, 0.3) is 0 Å². The molecule has 140 valence electrons. The third-order valence-electron chi connectivity index (χ3n) is 8.36. The van der Waals surface area contributed by atoms with Gasteiger partial charge in [0.1, 0.15) is 0 Å². The van der Waals surface area contributed by atoms with Crippen molar-refractivity contribution >= 4 is 11.8 Å². The molecule has 0 bridgehead atoms. The van der Waals surface area contributed by atoms with Gasteiger partial charge in [-0.1, -0.05) is 38.2 Å². The number of rotatable bonds is 3. The summed E-state index contributed by atoms with van der Waals surface area (Å²) in [6.45, 7) is 9.05. The Labute approximate surface area is 205 Å². The van der Waals surface area contributed by atoms with E-state index in [0.29, 0.717) is 30.6 Å². The Morgan fingerprint density at radius 3 is 2.74 bits per heavy atom. The molecule has 4 aliphatic rings. The first-order valence-corrected chi connectivity index (χ1v) is 10.1. The van der Waals surface area contributed by atoms with Gasteiger partial charge in [-0.15, -0.1) is 0 Å². The van der Waals surface area contributed by atoms with Gasteiger partial charge in [-0.2, -0.15) is 0 Å². The summed E-state index contributed by atoms with van der Waals surface area (Å²) in [7, 11) is 0. The summed E-state index contributed by atoms with van der Waals surface area (Å²) in [4.78, 5) is 22.9. The van der Waals surface area contributed by atoms with Crippen LogP contribution in [0.2, 0.25) is 0 Å². The summed E-state index contributed by atoms with van der Waals surface area (Å²) in [5, 5.41) is 11.0. The van der Waals surface area contributed by atoms with Gasteiger partial charge in [0, 0.05) is 12.4 Å². The van der Waals surface area contributed by atoms with Crippen molar-refractivity contribution in [3.63, 3.8) is 0 Å². The molecular formula is C23H29KO3. The van der Waals surface area contributed by atoms with Crippen molar-refractivity contribution in [2.75, 3.05) is 0 Å². The first kappa shape index (κ1) is 21.7. The zero-order valence-corrected chi connectivity index (χ0v) is 20.0. The SMILES string of the molecule is C=C1CC2C3C=CC4=CC(=O)CC[C@]4(C)C3CC[C@]2(C)[C@@H]1CCC(=O)[O-].[K+]. The number of hydrogen-bond donors (Lipinski definition) is 0. The van der Waals surface area contributed by atoms with Gasteiger partial charge in [-0.3, -0.25) is 4.79 Å². The molecule has 6 atom stereocenters. The molecule has 0 radical (unpaired) electrons.